The molecule has 1 aliphatic rings. The van der Waals surface area contributed by atoms with Crippen LogP contribution >= 0.6 is 11.3 Å². The van der Waals surface area contributed by atoms with Crippen molar-refractivity contribution in [1.29, 1.82) is 0 Å². The number of nitrogens with zero attached hydrogens (tertiary/aromatic N) is 4. The Hall–Kier alpha value is -2.75. The molecule has 3 heterocycles. The molecule has 0 saturated heterocycles. The van der Waals surface area contributed by atoms with Crippen LogP contribution in [0.3, 0.4) is 0 Å². The number of carbonyl (C=O) groups is 2. The van der Waals surface area contributed by atoms with Crippen molar-refractivity contribution in [3.8, 4) is 5.75 Å². The van der Waals surface area contributed by atoms with Gasteiger partial charge in [0.2, 0.25) is 11.0 Å². The van der Waals surface area contributed by atoms with Gasteiger partial charge in [-0.1, -0.05) is 11.3 Å². The molecule has 0 aromatic carbocycles. The zero-order valence-electron chi connectivity index (χ0n) is 12.4. The second-order valence-corrected chi connectivity index (χ2v) is 6.10. The highest BCUT2D eigenvalue weighted by Crippen LogP contribution is 2.32. The fraction of sp³-hybridized carbons (Fsp3) is 0.308. The van der Waals surface area contributed by atoms with Gasteiger partial charge in [0.1, 0.15) is 17.4 Å². The maximum atomic E-state index is 12.3. The number of aromatic nitrogens is 3. The summed E-state index contributed by atoms with van der Waals surface area (Å²) in [6, 6.07) is 3.20. The molecule has 0 saturated carbocycles. The summed E-state index contributed by atoms with van der Waals surface area (Å²) >= 11 is 1.25. The number of fused-ring (bicyclic) bond motifs is 1. The number of carbonyl (C=O) groups excluding carboxylic acids is 2. The lowest BCUT2D eigenvalue weighted by atomic mass is 10.2. The van der Waals surface area contributed by atoms with Crippen molar-refractivity contribution in [1.82, 2.24) is 15.2 Å². The molecule has 3 N–H and O–H groups in total. The van der Waals surface area contributed by atoms with Crippen LogP contribution in [0.2, 0.25) is 0 Å². The maximum absolute atomic E-state index is 12.3. The van der Waals surface area contributed by atoms with E-state index in [-0.39, 0.29) is 24.1 Å². The van der Waals surface area contributed by atoms with Crippen molar-refractivity contribution in [2.45, 2.75) is 20.0 Å². The Morgan fingerprint density at radius 3 is 2.96 bits per heavy atom. The summed E-state index contributed by atoms with van der Waals surface area (Å²) in [6.07, 6.45) is -0.704. The molecule has 0 fully saturated rings. The summed E-state index contributed by atoms with van der Waals surface area (Å²) in [5, 5.41) is 11.3. The molecule has 0 radical (unpaired) electrons. The number of amides is 2. The van der Waals surface area contributed by atoms with Crippen molar-refractivity contribution in [3.63, 3.8) is 0 Å². The average molecular weight is 334 g/mol. The average Bonchev–Trinajstić information content (AvgIpc) is 2.90. The first-order valence-electron chi connectivity index (χ1n) is 6.78. The Morgan fingerprint density at radius 2 is 2.26 bits per heavy atom. The summed E-state index contributed by atoms with van der Waals surface area (Å²) in [5.74, 6) is 0.111. The van der Waals surface area contributed by atoms with Crippen LogP contribution in [0.15, 0.2) is 12.1 Å². The molecule has 0 aliphatic carbocycles. The highest BCUT2D eigenvalue weighted by Gasteiger charge is 2.34. The minimum absolute atomic E-state index is 0.214. The second-order valence-electron chi connectivity index (χ2n) is 4.92. The normalized spacial score (nSPS) is 16.7. The number of nitrogens with one attached hydrogen (secondary N) is 1. The van der Waals surface area contributed by atoms with E-state index in [4.69, 9.17) is 10.5 Å². The smallest absolute Gasteiger partial charge is 0.269 e. The van der Waals surface area contributed by atoms with Gasteiger partial charge in [0.05, 0.1) is 0 Å². The van der Waals surface area contributed by atoms with E-state index in [2.05, 4.69) is 20.5 Å². The lowest BCUT2D eigenvalue weighted by Gasteiger charge is -2.31. The Balaban J connectivity index is 1.82. The number of hydrogen-bond acceptors (Lipinski definition) is 8. The van der Waals surface area contributed by atoms with Gasteiger partial charge in [0.15, 0.2) is 17.7 Å². The number of rotatable bonds is 3. The maximum Gasteiger partial charge on any atom is 0.269 e. The fourth-order valence-electron chi connectivity index (χ4n) is 2.10. The van der Waals surface area contributed by atoms with Crippen molar-refractivity contribution in [2.24, 2.45) is 0 Å². The summed E-state index contributed by atoms with van der Waals surface area (Å²) in [6.45, 7) is 3.18. The number of ether oxygens (including phenoxy) is 1. The predicted molar refractivity (Wildman–Crippen MR) is 84.4 cm³/mol. The molecule has 2 aromatic rings. The fourth-order valence-corrected chi connectivity index (χ4v) is 2.71. The molecule has 23 heavy (non-hydrogen) atoms. The van der Waals surface area contributed by atoms with Gasteiger partial charge in [0.25, 0.3) is 5.91 Å². The van der Waals surface area contributed by atoms with Crippen LogP contribution in [0.25, 0.3) is 0 Å². The van der Waals surface area contributed by atoms with Gasteiger partial charge in [0, 0.05) is 0 Å². The molecular formula is C13H14N6O3S. The first-order valence-corrected chi connectivity index (χ1v) is 7.60. The SMILES string of the molecule is Cc1nnc(NC(=O)CN2C(=O)C(C)Oc3ccc(N)nc32)s1. The van der Waals surface area contributed by atoms with E-state index < -0.39 is 12.0 Å². The zero-order valence-corrected chi connectivity index (χ0v) is 13.3. The van der Waals surface area contributed by atoms with Crippen LogP contribution in [0.1, 0.15) is 11.9 Å². The zero-order chi connectivity index (χ0) is 16.6. The molecule has 0 spiro atoms. The lowest BCUT2D eigenvalue weighted by molar-refractivity contribution is -0.127. The van der Waals surface area contributed by atoms with Crippen LogP contribution in [0, 0.1) is 6.92 Å². The third kappa shape index (κ3) is 3.06. The number of aryl methyl sites for hydroxylation is 1. The number of nitrogen functional groups attached to an aromatic ring is 1. The number of pyridine rings is 1. The van der Waals surface area contributed by atoms with E-state index in [1.165, 1.54) is 16.2 Å². The molecule has 9 nitrogen and oxygen atoms in total. The first kappa shape index (κ1) is 15.2. The van der Waals surface area contributed by atoms with Gasteiger partial charge < -0.3 is 10.5 Å². The summed E-state index contributed by atoms with van der Waals surface area (Å²) in [4.78, 5) is 29.8. The topological polar surface area (TPSA) is 123 Å². The quantitative estimate of drug-likeness (QED) is 0.841. The Morgan fingerprint density at radius 1 is 1.48 bits per heavy atom. The standard InChI is InChI=1S/C13H14N6O3S/c1-6-12(21)19(11-8(22-6)3-4-9(14)15-11)5-10(20)16-13-18-17-7(2)23-13/h3-4,6H,5H2,1-2H3,(H2,14,15)(H,16,18,20). The highest BCUT2D eigenvalue weighted by molar-refractivity contribution is 7.15. The van der Waals surface area contributed by atoms with Crippen LogP contribution in [0.5, 0.6) is 5.75 Å². The molecule has 1 aliphatic heterocycles. The van der Waals surface area contributed by atoms with Crippen molar-refractivity contribution < 1.29 is 14.3 Å². The molecule has 1 unspecified atom stereocenters. The Labute approximate surface area is 135 Å². The molecule has 10 heteroatoms. The van der Waals surface area contributed by atoms with E-state index in [1.54, 1.807) is 26.0 Å². The summed E-state index contributed by atoms with van der Waals surface area (Å²) in [5.41, 5.74) is 5.66. The highest BCUT2D eigenvalue weighted by atomic mass is 32.1. The van der Waals surface area contributed by atoms with Gasteiger partial charge in [-0.25, -0.2) is 4.98 Å². The third-order valence-corrected chi connectivity index (χ3v) is 3.86. The van der Waals surface area contributed by atoms with Crippen LogP contribution in [-0.2, 0) is 9.59 Å². The minimum Gasteiger partial charge on any atom is -0.477 e. The van der Waals surface area contributed by atoms with Crippen LogP contribution in [0.4, 0.5) is 16.8 Å². The summed E-state index contributed by atoms with van der Waals surface area (Å²) in [7, 11) is 0. The molecule has 2 amide bonds. The van der Waals surface area contributed by atoms with E-state index in [0.717, 1.165) is 5.01 Å². The second kappa shape index (κ2) is 5.80. The molecule has 2 aromatic heterocycles. The third-order valence-electron chi connectivity index (χ3n) is 3.11. The predicted octanol–water partition coefficient (Wildman–Crippen LogP) is 0.576. The Bertz CT molecular complexity index is 777. The van der Waals surface area contributed by atoms with Crippen molar-refractivity contribution in [3.05, 3.63) is 17.1 Å². The van der Waals surface area contributed by atoms with E-state index in [9.17, 15) is 9.59 Å². The lowest BCUT2D eigenvalue weighted by Crippen LogP contribution is -2.48. The summed E-state index contributed by atoms with van der Waals surface area (Å²) < 4.78 is 5.47. The van der Waals surface area contributed by atoms with Gasteiger partial charge in [-0.15, -0.1) is 10.2 Å². The van der Waals surface area contributed by atoms with E-state index in [0.29, 0.717) is 10.9 Å². The number of nitrogens with two attached hydrogens (primary N) is 1. The van der Waals surface area contributed by atoms with Crippen molar-refractivity contribution >= 4 is 39.9 Å². The largest absolute Gasteiger partial charge is 0.477 e. The molecule has 1 atom stereocenters. The number of anilines is 3. The van der Waals surface area contributed by atoms with E-state index in [1.807, 2.05) is 0 Å². The van der Waals surface area contributed by atoms with E-state index >= 15 is 0 Å². The van der Waals surface area contributed by atoms with Gasteiger partial charge in [-0.05, 0) is 26.0 Å². The van der Waals surface area contributed by atoms with Crippen molar-refractivity contribution in [2.75, 3.05) is 22.5 Å². The van der Waals surface area contributed by atoms with Gasteiger partial charge >= 0.3 is 0 Å². The number of hydrogen-bond donors (Lipinski definition) is 2. The molecule has 3 rings (SSSR count). The van der Waals surface area contributed by atoms with Gasteiger partial charge in [-0.3, -0.25) is 19.8 Å². The van der Waals surface area contributed by atoms with Crippen LogP contribution < -0.4 is 20.7 Å². The molecule has 120 valence electrons. The van der Waals surface area contributed by atoms with Crippen LogP contribution in [-0.4, -0.2) is 39.6 Å². The Kier molecular flexibility index (Phi) is 3.82. The molecular weight excluding hydrogens is 320 g/mol. The first-order chi connectivity index (χ1) is 10.9. The minimum atomic E-state index is -0.704. The molecule has 0 bridgehead atoms. The monoisotopic (exact) mass is 334 g/mol. The van der Waals surface area contributed by atoms with Gasteiger partial charge in [-0.2, -0.15) is 0 Å².